The van der Waals surface area contributed by atoms with Crippen molar-refractivity contribution in [2.75, 3.05) is 0 Å². The van der Waals surface area contributed by atoms with Gasteiger partial charge >= 0.3 is 5.97 Å². The molecule has 0 bridgehead atoms. The van der Waals surface area contributed by atoms with E-state index in [9.17, 15) is 4.79 Å². The second-order valence-electron chi connectivity index (χ2n) is 6.32. The number of ether oxygens (including phenoxy) is 1. The number of carbonyl (C=O) groups excluding carboxylic acids is 1. The van der Waals surface area contributed by atoms with Crippen LogP contribution in [0.2, 0.25) is 0 Å². The maximum Gasteiger partial charge on any atom is 0.333 e. The van der Waals surface area contributed by atoms with Gasteiger partial charge in [0.25, 0.3) is 0 Å². The predicted octanol–water partition coefficient (Wildman–Crippen LogP) is 3.98. The van der Waals surface area contributed by atoms with Crippen molar-refractivity contribution in [3.05, 3.63) is 12.2 Å². The Morgan fingerprint density at radius 1 is 1.10 bits per heavy atom. The van der Waals surface area contributed by atoms with E-state index in [1.807, 2.05) is 0 Å². The zero-order valence-electron chi connectivity index (χ0n) is 13.8. The SMILES string of the molecule is C=C(C)C(=O)OC1CC(CC)(CC)NC(CC)(CC)C1. The van der Waals surface area contributed by atoms with E-state index in [-0.39, 0.29) is 23.2 Å². The van der Waals surface area contributed by atoms with E-state index in [0.717, 1.165) is 38.5 Å². The van der Waals surface area contributed by atoms with Gasteiger partial charge in [-0.1, -0.05) is 34.3 Å². The Labute approximate surface area is 124 Å². The van der Waals surface area contributed by atoms with Gasteiger partial charge in [0.2, 0.25) is 0 Å². The Kier molecular flexibility index (Phi) is 5.81. The predicted molar refractivity (Wildman–Crippen MR) is 83.7 cm³/mol. The van der Waals surface area contributed by atoms with Gasteiger partial charge in [0.1, 0.15) is 6.10 Å². The Hall–Kier alpha value is -0.830. The average Bonchev–Trinajstić information content (AvgIpc) is 2.46. The summed E-state index contributed by atoms with van der Waals surface area (Å²) in [5.74, 6) is -0.251. The second kappa shape index (κ2) is 6.75. The van der Waals surface area contributed by atoms with Gasteiger partial charge in [-0.3, -0.25) is 0 Å². The number of rotatable bonds is 6. The molecule has 0 saturated carbocycles. The summed E-state index contributed by atoms with van der Waals surface area (Å²) in [4.78, 5) is 11.8. The number of hydrogen-bond acceptors (Lipinski definition) is 3. The van der Waals surface area contributed by atoms with Gasteiger partial charge in [0, 0.05) is 29.5 Å². The summed E-state index contributed by atoms with van der Waals surface area (Å²) in [5, 5.41) is 3.90. The van der Waals surface area contributed by atoms with Crippen LogP contribution >= 0.6 is 0 Å². The van der Waals surface area contributed by atoms with Crippen molar-refractivity contribution in [1.29, 1.82) is 0 Å². The highest BCUT2D eigenvalue weighted by molar-refractivity contribution is 5.87. The topological polar surface area (TPSA) is 38.3 Å². The summed E-state index contributed by atoms with van der Waals surface area (Å²) in [6.45, 7) is 14.3. The molecule has 0 aromatic rings. The minimum Gasteiger partial charge on any atom is -0.459 e. The molecule has 0 radical (unpaired) electrons. The standard InChI is InChI=1S/C17H31NO2/c1-7-16(8-2)11-14(20-15(19)13(5)6)12-17(9-3,10-4)18-16/h14,18H,5,7-12H2,1-4,6H3. The Morgan fingerprint density at radius 2 is 1.50 bits per heavy atom. The summed E-state index contributed by atoms with van der Waals surface area (Å²) in [6, 6.07) is 0. The average molecular weight is 281 g/mol. The van der Waals surface area contributed by atoms with Gasteiger partial charge in [0.15, 0.2) is 0 Å². The highest BCUT2D eigenvalue weighted by Gasteiger charge is 2.45. The highest BCUT2D eigenvalue weighted by Crippen LogP contribution is 2.38. The van der Waals surface area contributed by atoms with Crippen LogP contribution in [0.4, 0.5) is 0 Å². The molecule has 0 aromatic heterocycles. The van der Waals surface area contributed by atoms with Gasteiger partial charge in [0.05, 0.1) is 0 Å². The van der Waals surface area contributed by atoms with Crippen molar-refractivity contribution in [3.63, 3.8) is 0 Å². The molecule has 3 heteroatoms. The van der Waals surface area contributed by atoms with Crippen LogP contribution < -0.4 is 5.32 Å². The number of piperidine rings is 1. The lowest BCUT2D eigenvalue weighted by Crippen LogP contribution is -2.64. The highest BCUT2D eigenvalue weighted by atomic mass is 16.5. The molecule has 0 unspecified atom stereocenters. The van der Waals surface area contributed by atoms with Crippen LogP contribution in [0.15, 0.2) is 12.2 Å². The molecule has 0 spiro atoms. The van der Waals surface area contributed by atoms with E-state index < -0.39 is 0 Å². The van der Waals surface area contributed by atoms with Crippen LogP contribution in [-0.4, -0.2) is 23.2 Å². The fourth-order valence-corrected chi connectivity index (χ4v) is 3.37. The summed E-state index contributed by atoms with van der Waals surface area (Å²) < 4.78 is 5.69. The minimum atomic E-state index is -0.251. The van der Waals surface area contributed by atoms with Gasteiger partial charge < -0.3 is 10.1 Å². The number of esters is 1. The Morgan fingerprint density at radius 3 is 1.80 bits per heavy atom. The first-order valence-corrected chi connectivity index (χ1v) is 8.01. The fourth-order valence-electron chi connectivity index (χ4n) is 3.37. The van der Waals surface area contributed by atoms with Gasteiger partial charge in [-0.2, -0.15) is 0 Å². The monoisotopic (exact) mass is 281 g/mol. The van der Waals surface area contributed by atoms with E-state index in [4.69, 9.17) is 4.74 Å². The van der Waals surface area contributed by atoms with Gasteiger partial charge in [-0.25, -0.2) is 4.79 Å². The molecule has 1 aliphatic rings. The molecular formula is C17H31NO2. The zero-order chi connectivity index (χ0) is 15.4. The van der Waals surface area contributed by atoms with Crippen LogP contribution in [0, 0.1) is 0 Å². The molecule has 1 fully saturated rings. The van der Waals surface area contributed by atoms with Gasteiger partial charge in [-0.15, -0.1) is 0 Å². The number of nitrogens with one attached hydrogen (secondary N) is 1. The number of carbonyl (C=O) groups is 1. The molecule has 1 saturated heterocycles. The molecule has 1 N–H and O–H groups in total. The van der Waals surface area contributed by atoms with Crippen molar-refractivity contribution in [2.24, 2.45) is 0 Å². The van der Waals surface area contributed by atoms with E-state index in [1.165, 1.54) is 0 Å². The lowest BCUT2D eigenvalue weighted by Gasteiger charge is -2.51. The first kappa shape index (κ1) is 17.2. The minimum absolute atomic E-state index is 0.000231. The number of hydrogen-bond donors (Lipinski definition) is 1. The van der Waals surface area contributed by atoms with Crippen molar-refractivity contribution in [3.8, 4) is 0 Å². The van der Waals surface area contributed by atoms with Crippen molar-refractivity contribution < 1.29 is 9.53 Å². The van der Waals surface area contributed by atoms with Crippen LogP contribution in [-0.2, 0) is 9.53 Å². The maximum absolute atomic E-state index is 11.8. The molecule has 116 valence electrons. The third-order valence-corrected chi connectivity index (χ3v) is 5.10. The van der Waals surface area contributed by atoms with E-state index in [0.29, 0.717) is 5.57 Å². The molecule has 1 heterocycles. The Bertz CT molecular complexity index is 334. The van der Waals surface area contributed by atoms with Crippen LogP contribution in [0.1, 0.15) is 73.1 Å². The summed E-state index contributed by atoms with van der Waals surface area (Å²) in [6.07, 6.45) is 6.05. The molecule has 0 amide bonds. The Balaban J connectivity index is 2.96. The molecule has 0 aliphatic carbocycles. The molecule has 3 nitrogen and oxygen atoms in total. The van der Waals surface area contributed by atoms with Crippen LogP contribution in [0.25, 0.3) is 0 Å². The smallest absolute Gasteiger partial charge is 0.333 e. The summed E-state index contributed by atoms with van der Waals surface area (Å²) >= 11 is 0. The molecular weight excluding hydrogens is 250 g/mol. The first-order valence-electron chi connectivity index (χ1n) is 8.01. The molecule has 1 aliphatic heterocycles. The molecule has 20 heavy (non-hydrogen) atoms. The van der Waals surface area contributed by atoms with E-state index in [1.54, 1.807) is 6.92 Å². The van der Waals surface area contributed by atoms with Crippen molar-refractivity contribution in [2.45, 2.75) is 90.3 Å². The fraction of sp³-hybridized carbons (Fsp3) is 0.824. The largest absolute Gasteiger partial charge is 0.459 e. The van der Waals surface area contributed by atoms with Crippen molar-refractivity contribution in [1.82, 2.24) is 5.32 Å². The zero-order valence-corrected chi connectivity index (χ0v) is 13.8. The third-order valence-electron chi connectivity index (χ3n) is 5.10. The van der Waals surface area contributed by atoms with E-state index in [2.05, 4.69) is 39.6 Å². The lowest BCUT2D eigenvalue weighted by molar-refractivity contribution is -0.149. The summed E-state index contributed by atoms with van der Waals surface area (Å²) in [7, 11) is 0. The quantitative estimate of drug-likeness (QED) is 0.591. The van der Waals surface area contributed by atoms with Crippen molar-refractivity contribution >= 4 is 5.97 Å². The normalized spacial score (nSPS) is 21.4. The second-order valence-corrected chi connectivity index (χ2v) is 6.32. The molecule has 0 aromatic carbocycles. The van der Waals surface area contributed by atoms with Gasteiger partial charge in [-0.05, 0) is 32.6 Å². The molecule has 1 rings (SSSR count). The lowest BCUT2D eigenvalue weighted by atomic mass is 9.72. The summed E-state index contributed by atoms with van der Waals surface area (Å²) in [5.41, 5.74) is 0.662. The van der Waals surface area contributed by atoms with E-state index >= 15 is 0 Å². The van der Waals surface area contributed by atoms with Crippen LogP contribution in [0.5, 0.6) is 0 Å². The van der Waals surface area contributed by atoms with Crippen LogP contribution in [0.3, 0.4) is 0 Å². The molecule has 0 atom stereocenters. The third kappa shape index (κ3) is 3.63. The maximum atomic E-state index is 11.8. The first-order chi connectivity index (χ1) is 9.36.